The molecule has 1 amide bonds. The highest BCUT2D eigenvalue weighted by Gasteiger charge is 2.31. The average molecular weight is 310 g/mol. The minimum atomic E-state index is -4.46. The molecule has 3 rings (SSSR count). The summed E-state index contributed by atoms with van der Waals surface area (Å²) in [5.74, 6) is -0.226. The van der Waals surface area contributed by atoms with Crippen LogP contribution in [-0.4, -0.2) is 20.5 Å². The second kappa shape index (κ2) is 5.17. The third kappa shape index (κ3) is 2.65. The third-order valence-corrected chi connectivity index (χ3v) is 2.99. The zero-order chi connectivity index (χ0) is 15.7. The van der Waals surface area contributed by atoms with E-state index < -0.39 is 17.6 Å². The molecule has 114 valence electrons. The number of rotatable bonds is 3. The first-order chi connectivity index (χ1) is 10.4. The number of nitrogens with zero attached hydrogens (tertiary/aromatic N) is 3. The Morgan fingerprint density at radius 3 is 2.77 bits per heavy atom. The summed E-state index contributed by atoms with van der Waals surface area (Å²) in [6.45, 7) is -0.0630. The van der Waals surface area contributed by atoms with Crippen molar-refractivity contribution in [2.24, 2.45) is 0 Å². The first kappa shape index (κ1) is 14.1. The molecule has 0 spiro atoms. The SMILES string of the molecule is O=C(NCc1nnc2ccc(C(F)(F)F)cn12)c1ccoc1. The van der Waals surface area contributed by atoms with E-state index in [1.165, 1.54) is 29.1 Å². The van der Waals surface area contributed by atoms with Crippen LogP contribution in [0.1, 0.15) is 21.7 Å². The number of hydrogen-bond donors (Lipinski definition) is 1. The van der Waals surface area contributed by atoms with E-state index >= 15 is 0 Å². The predicted molar refractivity (Wildman–Crippen MR) is 67.9 cm³/mol. The van der Waals surface area contributed by atoms with Gasteiger partial charge >= 0.3 is 6.18 Å². The lowest BCUT2D eigenvalue weighted by Crippen LogP contribution is -2.23. The number of aromatic nitrogens is 3. The van der Waals surface area contributed by atoms with Gasteiger partial charge in [0.15, 0.2) is 11.5 Å². The summed E-state index contributed by atoms with van der Waals surface area (Å²) in [5, 5.41) is 10.1. The summed E-state index contributed by atoms with van der Waals surface area (Å²) >= 11 is 0. The van der Waals surface area contributed by atoms with Gasteiger partial charge in [0.05, 0.1) is 23.9 Å². The van der Waals surface area contributed by atoms with Crippen LogP contribution in [0.3, 0.4) is 0 Å². The smallest absolute Gasteiger partial charge is 0.417 e. The van der Waals surface area contributed by atoms with E-state index in [0.717, 1.165) is 12.3 Å². The van der Waals surface area contributed by atoms with E-state index in [-0.39, 0.29) is 18.0 Å². The molecule has 0 radical (unpaired) electrons. The van der Waals surface area contributed by atoms with Crippen LogP contribution >= 0.6 is 0 Å². The van der Waals surface area contributed by atoms with Gasteiger partial charge in [-0.1, -0.05) is 0 Å². The molecule has 0 aliphatic heterocycles. The largest absolute Gasteiger partial charge is 0.472 e. The molecule has 0 fully saturated rings. The van der Waals surface area contributed by atoms with E-state index in [9.17, 15) is 18.0 Å². The van der Waals surface area contributed by atoms with Gasteiger partial charge in [0.2, 0.25) is 0 Å². The number of pyridine rings is 1. The topological polar surface area (TPSA) is 72.4 Å². The lowest BCUT2D eigenvalue weighted by Gasteiger charge is -2.07. The average Bonchev–Trinajstić information content (AvgIpc) is 3.13. The Morgan fingerprint density at radius 1 is 1.27 bits per heavy atom. The van der Waals surface area contributed by atoms with Gasteiger partial charge in [-0.15, -0.1) is 10.2 Å². The number of hydrogen-bond acceptors (Lipinski definition) is 4. The summed E-state index contributed by atoms with van der Waals surface area (Å²) in [4.78, 5) is 11.8. The molecular formula is C13H9F3N4O2. The molecule has 0 saturated heterocycles. The Kier molecular flexibility index (Phi) is 3.32. The van der Waals surface area contributed by atoms with E-state index in [0.29, 0.717) is 5.56 Å². The molecule has 3 aromatic rings. The highest BCUT2D eigenvalue weighted by atomic mass is 19.4. The maximum Gasteiger partial charge on any atom is 0.417 e. The molecule has 0 bridgehead atoms. The normalized spacial score (nSPS) is 11.8. The Labute approximate surface area is 121 Å². The van der Waals surface area contributed by atoms with Gasteiger partial charge in [0.25, 0.3) is 5.91 Å². The lowest BCUT2D eigenvalue weighted by molar-refractivity contribution is -0.137. The number of carbonyl (C=O) groups is 1. The Morgan fingerprint density at radius 2 is 2.09 bits per heavy atom. The molecule has 9 heteroatoms. The molecule has 0 aromatic carbocycles. The summed E-state index contributed by atoms with van der Waals surface area (Å²) < 4.78 is 44.1. The Balaban J connectivity index is 1.83. The minimum Gasteiger partial charge on any atom is -0.472 e. The van der Waals surface area contributed by atoms with Crippen molar-refractivity contribution in [3.8, 4) is 0 Å². The number of halogens is 3. The van der Waals surface area contributed by atoms with Crippen molar-refractivity contribution >= 4 is 11.6 Å². The number of alkyl halides is 3. The number of furan rings is 1. The highest BCUT2D eigenvalue weighted by molar-refractivity contribution is 5.93. The van der Waals surface area contributed by atoms with E-state index in [2.05, 4.69) is 15.5 Å². The fourth-order valence-corrected chi connectivity index (χ4v) is 1.88. The molecule has 22 heavy (non-hydrogen) atoms. The summed E-state index contributed by atoms with van der Waals surface area (Å²) in [7, 11) is 0. The number of amides is 1. The molecule has 6 nitrogen and oxygen atoms in total. The molecule has 0 atom stereocenters. The fraction of sp³-hybridized carbons (Fsp3) is 0.154. The molecule has 0 saturated carbocycles. The fourth-order valence-electron chi connectivity index (χ4n) is 1.88. The molecule has 0 unspecified atom stereocenters. The van der Waals surface area contributed by atoms with Crippen LogP contribution < -0.4 is 5.32 Å². The van der Waals surface area contributed by atoms with Crippen molar-refractivity contribution in [2.45, 2.75) is 12.7 Å². The highest BCUT2D eigenvalue weighted by Crippen LogP contribution is 2.29. The second-order valence-electron chi connectivity index (χ2n) is 4.45. The first-order valence-electron chi connectivity index (χ1n) is 6.16. The molecule has 0 aliphatic rings. The van der Waals surface area contributed by atoms with Gasteiger partial charge in [-0.05, 0) is 18.2 Å². The van der Waals surface area contributed by atoms with Gasteiger partial charge in [-0.25, -0.2) is 0 Å². The molecular weight excluding hydrogens is 301 g/mol. The van der Waals surface area contributed by atoms with Crippen LogP contribution in [0.2, 0.25) is 0 Å². The van der Waals surface area contributed by atoms with E-state index in [1.54, 1.807) is 0 Å². The Hall–Kier alpha value is -2.84. The molecule has 0 aliphatic carbocycles. The van der Waals surface area contributed by atoms with Gasteiger partial charge in [-0.3, -0.25) is 9.20 Å². The van der Waals surface area contributed by atoms with Crippen LogP contribution in [-0.2, 0) is 12.7 Å². The summed E-state index contributed by atoms with van der Waals surface area (Å²) in [5.41, 5.74) is -0.243. The van der Waals surface area contributed by atoms with Crippen LogP contribution in [0.15, 0.2) is 41.3 Å². The van der Waals surface area contributed by atoms with E-state index in [4.69, 9.17) is 4.42 Å². The van der Waals surface area contributed by atoms with Gasteiger partial charge in [0, 0.05) is 6.20 Å². The van der Waals surface area contributed by atoms with Crippen molar-refractivity contribution in [2.75, 3.05) is 0 Å². The van der Waals surface area contributed by atoms with E-state index in [1.807, 2.05) is 0 Å². The second-order valence-corrected chi connectivity index (χ2v) is 4.45. The molecule has 3 aromatic heterocycles. The van der Waals surface area contributed by atoms with Crippen LogP contribution in [0, 0.1) is 0 Å². The van der Waals surface area contributed by atoms with Crippen LogP contribution in [0.25, 0.3) is 5.65 Å². The first-order valence-corrected chi connectivity index (χ1v) is 6.16. The number of carbonyl (C=O) groups excluding carboxylic acids is 1. The van der Waals surface area contributed by atoms with Gasteiger partial charge < -0.3 is 9.73 Å². The van der Waals surface area contributed by atoms with Crippen molar-refractivity contribution < 1.29 is 22.4 Å². The molecule has 3 heterocycles. The number of fused-ring (bicyclic) bond motifs is 1. The third-order valence-electron chi connectivity index (χ3n) is 2.99. The van der Waals surface area contributed by atoms with Crippen LogP contribution in [0.4, 0.5) is 13.2 Å². The van der Waals surface area contributed by atoms with Crippen molar-refractivity contribution in [1.82, 2.24) is 19.9 Å². The summed E-state index contributed by atoms with van der Waals surface area (Å²) in [6.07, 6.45) is -0.958. The quantitative estimate of drug-likeness (QED) is 0.805. The maximum atomic E-state index is 12.7. The van der Waals surface area contributed by atoms with Crippen LogP contribution in [0.5, 0.6) is 0 Å². The monoisotopic (exact) mass is 310 g/mol. The van der Waals surface area contributed by atoms with Crippen molar-refractivity contribution in [3.63, 3.8) is 0 Å². The van der Waals surface area contributed by atoms with Crippen molar-refractivity contribution in [1.29, 1.82) is 0 Å². The number of nitrogens with one attached hydrogen (secondary N) is 1. The maximum absolute atomic E-state index is 12.7. The lowest BCUT2D eigenvalue weighted by atomic mass is 10.3. The predicted octanol–water partition coefficient (Wildman–Crippen LogP) is 2.27. The minimum absolute atomic E-state index is 0.0630. The molecule has 1 N–H and O–H groups in total. The standard InChI is InChI=1S/C13H9F3N4O2/c14-13(15,16)9-1-2-10-18-19-11(20(10)6-9)5-17-12(21)8-3-4-22-7-8/h1-4,6-7H,5H2,(H,17,21). The summed E-state index contributed by atoms with van der Waals surface area (Å²) in [6, 6.07) is 3.62. The zero-order valence-electron chi connectivity index (χ0n) is 11.0. The van der Waals surface area contributed by atoms with Crippen molar-refractivity contribution in [3.05, 3.63) is 53.9 Å². The van der Waals surface area contributed by atoms with Gasteiger partial charge in [-0.2, -0.15) is 13.2 Å². The Bertz CT molecular complexity index is 808. The van der Waals surface area contributed by atoms with Gasteiger partial charge in [0.1, 0.15) is 6.26 Å². The zero-order valence-corrected chi connectivity index (χ0v) is 11.0.